The van der Waals surface area contributed by atoms with Gasteiger partial charge in [0.05, 0.1) is 18.1 Å². The highest BCUT2D eigenvalue weighted by Gasteiger charge is 2.28. The number of nitrogens with zero attached hydrogens (tertiary/aromatic N) is 4. The lowest BCUT2D eigenvalue weighted by Crippen LogP contribution is -2.36. The van der Waals surface area contributed by atoms with Gasteiger partial charge < -0.3 is 14.1 Å². The van der Waals surface area contributed by atoms with Crippen LogP contribution in [0.2, 0.25) is 0 Å². The largest absolute Gasteiger partial charge is 0.419 e. The lowest BCUT2D eigenvalue weighted by atomic mass is 10.0. The van der Waals surface area contributed by atoms with Crippen molar-refractivity contribution in [1.82, 2.24) is 9.29 Å². The van der Waals surface area contributed by atoms with Crippen LogP contribution in [0.4, 0.5) is 5.88 Å². The molecule has 0 spiro atoms. The Morgan fingerprint density at radius 1 is 0.969 bits per heavy atom. The molecule has 3 heterocycles. The van der Waals surface area contributed by atoms with E-state index in [1.165, 1.54) is 9.87 Å². The summed E-state index contributed by atoms with van der Waals surface area (Å²) < 4.78 is 39.1. The molecule has 0 saturated carbocycles. The highest BCUT2D eigenvalue weighted by molar-refractivity contribution is 7.89. The predicted molar refractivity (Wildman–Crippen MR) is 117 cm³/mol. The third-order valence-electron chi connectivity index (χ3n) is 5.85. The van der Waals surface area contributed by atoms with Crippen LogP contribution in [0.25, 0.3) is 11.5 Å². The first kappa shape index (κ1) is 20.7. The molecule has 164 valence electrons. The second-order valence-electron chi connectivity index (χ2n) is 7.77. The number of hydrogen-bond acceptors (Lipinski definition) is 7. The first-order valence-electron chi connectivity index (χ1n) is 10.5. The molecule has 1 aromatic heterocycles. The second kappa shape index (κ2) is 8.39. The van der Waals surface area contributed by atoms with Crippen LogP contribution < -0.4 is 4.90 Å². The topological polar surface area (TPSA) is 99.7 Å². The Hall–Kier alpha value is -3.19. The molecule has 8 nitrogen and oxygen atoms in total. The second-order valence-corrected chi connectivity index (χ2v) is 9.70. The first-order valence-corrected chi connectivity index (χ1v) is 11.9. The average molecular weight is 451 g/mol. The number of nitriles is 1. The summed E-state index contributed by atoms with van der Waals surface area (Å²) >= 11 is 0. The van der Waals surface area contributed by atoms with Gasteiger partial charge in [0.2, 0.25) is 27.5 Å². The number of rotatable bonds is 4. The zero-order chi connectivity index (χ0) is 22.1. The van der Waals surface area contributed by atoms with E-state index >= 15 is 0 Å². The highest BCUT2D eigenvalue weighted by atomic mass is 32.2. The van der Waals surface area contributed by atoms with Crippen molar-refractivity contribution < 1.29 is 17.6 Å². The van der Waals surface area contributed by atoms with Gasteiger partial charge in [0, 0.05) is 31.7 Å². The Morgan fingerprint density at radius 3 is 2.41 bits per heavy atom. The summed E-state index contributed by atoms with van der Waals surface area (Å²) in [7, 11) is -3.62. The van der Waals surface area contributed by atoms with Gasteiger partial charge in [-0.3, -0.25) is 0 Å². The van der Waals surface area contributed by atoms with Crippen LogP contribution in [-0.4, -0.2) is 50.6 Å². The predicted octanol–water partition coefficient (Wildman–Crippen LogP) is 2.80. The van der Waals surface area contributed by atoms with Crippen LogP contribution in [-0.2, 0) is 27.7 Å². The summed E-state index contributed by atoms with van der Waals surface area (Å²) in [5.41, 5.74) is 3.07. The van der Waals surface area contributed by atoms with Gasteiger partial charge in [-0.05, 0) is 41.8 Å². The number of oxazole rings is 1. The summed E-state index contributed by atoms with van der Waals surface area (Å²) in [5.74, 6) is 0.716. The number of aromatic nitrogens is 1. The summed E-state index contributed by atoms with van der Waals surface area (Å²) in [6.07, 6.45) is 0.699. The van der Waals surface area contributed by atoms with Gasteiger partial charge in [-0.2, -0.15) is 14.6 Å². The fraction of sp³-hybridized carbons (Fsp3) is 0.304. The van der Waals surface area contributed by atoms with E-state index in [4.69, 9.17) is 9.15 Å². The number of morpholine rings is 1. The van der Waals surface area contributed by atoms with E-state index in [0.717, 1.165) is 5.56 Å². The van der Waals surface area contributed by atoms with E-state index < -0.39 is 10.0 Å². The minimum Gasteiger partial charge on any atom is -0.419 e. The van der Waals surface area contributed by atoms with Crippen LogP contribution in [0.15, 0.2) is 57.8 Å². The molecule has 5 rings (SSSR count). The summed E-state index contributed by atoms with van der Waals surface area (Å²) in [5, 5.41) is 9.46. The molecule has 9 heteroatoms. The van der Waals surface area contributed by atoms with Crippen molar-refractivity contribution in [2.75, 3.05) is 37.7 Å². The van der Waals surface area contributed by atoms with Crippen molar-refractivity contribution in [2.45, 2.75) is 17.9 Å². The van der Waals surface area contributed by atoms with Gasteiger partial charge >= 0.3 is 0 Å². The normalized spacial score (nSPS) is 17.0. The number of sulfonamides is 1. The van der Waals surface area contributed by atoms with Crippen molar-refractivity contribution in [2.24, 2.45) is 0 Å². The van der Waals surface area contributed by atoms with Gasteiger partial charge in [0.1, 0.15) is 6.07 Å². The molecule has 0 atom stereocenters. The zero-order valence-corrected chi connectivity index (χ0v) is 18.2. The Morgan fingerprint density at radius 2 is 1.69 bits per heavy atom. The Bertz CT molecular complexity index is 1270. The number of anilines is 1. The van der Waals surface area contributed by atoms with Crippen molar-refractivity contribution >= 4 is 15.9 Å². The van der Waals surface area contributed by atoms with E-state index in [1.54, 1.807) is 24.3 Å². The van der Waals surface area contributed by atoms with Crippen LogP contribution in [0.5, 0.6) is 0 Å². The van der Waals surface area contributed by atoms with Crippen molar-refractivity contribution in [3.63, 3.8) is 0 Å². The minimum absolute atomic E-state index is 0.214. The molecule has 0 unspecified atom stereocenters. The van der Waals surface area contributed by atoms with Crippen molar-refractivity contribution in [3.8, 4) is 17.5 Å². The van der Waals surface area contributed by atoms with Crippen molar-refractivity contribution in [1.29, 1.82) is 5.26 Å². The molecule has 32 heavy (non-hydrogen) atoms. The van der Waals surface area contributed by atoms with Gasteiger partial charge in [-0.15, -0.1) is 0 Å². The molecule has 1 saturated heterocycles. The number of ether oxygens (including phenoxy) is 1. The summed E-state index contributed by atoms with van der Waals surface area (Å²) in [4.78, 5) is 6.47. The fourth-order valence-corrected chi connectivity index (χ4v) is 5.50. The molecule has 0 N–H and O–H groups in total. The standard InChI is InChI=1S/C23H22N4O4S/c24-15-21-23(26-11-13-30-14-12-26)31-22(25-21)18-5-7-20(8-6-18)32(28,29)27-10-9-17-3-1-2-4-19(17)16-27/h1-8H,9-14,16H2. The van der Waals surface area contributed by atoms with E-state index in [0.29, 0.717) is 63.2 Å². The van der Waals surface area contributed by atoms with Crippen LogP contribution in [0, 0.1) is 11.3 Å². The third-order valence-corrected chi connectivity index (χ3v) is 7.71. The molecule has 0 radical (unpaired) electrons. The molecule has 2 aliphatic rings. The Balaban J connectivity index is 1.39. The lowest BCUT2D eigenvalue weighted by Gasteiger charge is -2.28. The molecule has 2 aromatic carbocycles. The maximum absolute atomic E-state index is 13.2. The van der Waals surface area contributed by atoms with Gasteiger partial charge in [-0.1, -0.05) is 24.3 Å². The molecule has 0 bridgehead atoms. The highest BCUT2D eigenvalue weighted by Crippen LogP contribution is 2.30. The number of benzene rings is 2. The molecule has 2 aliphatic heterocycles. The number of fused-ring (bicyclic) bond motifs is 1. The lowest BCUT2D eigenvalue weighted by molar-refractivity contribution is 0.121. The SMILES string of the molecule is N#Cc1nc(-c2ccc(S(=O)(=O)N3CCc4ccccc4C3)cc2)oc1N1CCOCC1. The quantitative estimate of drug-likeness (QED) is 0.603. The van der Waals surface area contributed by atoms with E-state index in [9.17, 15) is 13.7 Å². The third kappa shape index (κ3) is 3.77. The van der Waals surface area contributed by atoms with Crippen LogP contribution >= 0.6 is 0 Å². The van der Waals surface area contributed by atoms with E-state index in [2.05, 4.69) is 11.1 Å². The molecular weight excluding hydrogens is 428 g/mol. The molecule has 3 aromatic rings. The summed E-state index contributed by atoms with van der Waals surface area (Å²) in [6.45, 7) is 3.20. The van der Waals surface area contributed by atoms with E-state index in [-0.39, 0.29) is 10.6 Å². The first-order chi connectivity index (χ1) is 15.6. The maximum Gasteiger partial charge on any atom is 0.243 e. The zero-order valence-electron chi connectivity index (χ0n) is 17.4. The van der Waals surface area contributed by atoms with E-state index in [1.807, 2.05) is 29.2 Å². The van der Waals surface area contributed by atoms with Crippen LogP contribution in [0.3, 0.4) is 0 Å². The smallest absolute Gasteiger partial charge is 0.243 e. The molecule has 0 amide bonds. The number of hydrogen-bond donors (Lipinski definition) is 0. The molecule has 0 aliphatic carbocycles. The maximum atomic E-state index is 13.2. The summed E-state index contributed by atoms with van der Waals surface area (Å²) in [6, 6.07) is 16.5. The minimum atomic E-state index is -3.62. The molecular formula is C23H22N4O4S. The van der Waals surface area contributed by atoms with Gasteiger partial charge in [0.25, 0.3) is 0 Å². The monoisotopic (exact) mass is 450 g/mol. The Kier molecular flexibility index (Phi) is 5.43. The van der Waals surface area contributed by atoms with Crippen molar-refractivity contribution in [3.05, 3.63) is 65.4 Å². The molecule has 1 fully saturated rings. The van der Waals surface area contributed by atoms with Gasteiger partial charge in [-0.25, -0.2) is 8.42 Å². The average Bonchev–Trinajstić information content (AvgIpc) is 3.29. The van der Waals surface area contributed by atoms with Gasteiger partial charge in [0.15, 0.2) is 0 Å². The van der Waals surface area contributed by atoms with Crippen LogP contribution in [0.1, 0.15) is 16.8 Å². The fourth-order valence-electron chi connectivity index (χ4n) is 4.08. The Labute approximate surface area is 186 Å².